The van der Waals surface area contributed by atoms with Crippen molar-refractivity contribution in [2.45, 2.75) is 39.0 Å². The average Bonchev–Trinajstić information content (AvgIpc) is 2.26. The molecule has 1 fully saturated rings. The van der Waals surface area contributed by atoms with Crippen LogP contribution in [0, 0.1) is 5.92 Å². The number of carbonyl (C=O) groups excluding carboxylic acids is 1. The minimum atomic E-state index is -0.120. The smallest absolute Gasteiger partial charge is 0.171 e. The van der Waals surface area contributed by atoms with Gasteiger partial charge in [-0.25, -0.2) is 0 Å². The highest BCUT2D eigenvalue weighted by atomic mass is 32.2. The van der Waals surface area contributed by atoms with Crippen LogP contribution in [0.4, 0.5) is 0 Å². The zero-order chi connectivity index (χ0) is 11.3. The van der Waals surface area contributed by atoms with E-state index in [1.54, 1.807) is 0 Å². The molecule has 1 rings (SSSR count). The molecule has 0 atom stereocenters. The number of rotatable bonds is 4. The molecule has 0 aliphatic heterocycles. The molecule has 0 aromatic heterocycles. The van der Waals surface area contributed by atoms with Crippen LogP contribution in [0.15, 0.2) is 10.7 Å². The Balaban J connectivity index is 2.77. The molecule has 1 aliphatic carbocycles. The van der Waals surface area contributed by atoms with Gasteiger partial charge >= 0.3 is 0 Å². The van der Waals surface area contributed by atoms with Crippen molar-refractivity contribution in [2.24, 2.45) is 5.92 Å². The largest absolute Gasteiger partial charge is 0.511 e. The second-order valence-corrected chi connectivity index (χ2v) is 4.76. The predicted molar refractivity (Wildman–Crippen MR) is 61.5 cm³/mol. The minimum absolute atomic E-state index is 0.120. The van der Waals surface area contributed by atoms with Crippen molar-refractivity contribution in [3.8, 4) is 0 Å². The maximum atomic E-state index is 11.3. The van der Waals surface area contributed by atoms with Gasteiger partial charge in [-0.2, -0.15) is 0 Å². The van der Waals surface area contributed by atoms with E-state index in [2.05, 4.69) is 0 Å². The summed E-state index contributed by atoms with van der Waals surface area (Å²) >= 11 is 0.966. The molecule has 0 spiro atoms. The molecule has 0 saturated heterocycles. The normalized spacial score (nSPS) is 19.9. The number of Topliss-reactive ketones (excluding diaryl/α,β-unsaturated/α-hetero) is 1. The highest BCUT2D eigenvalue weighted by Gasteiger charge is 2.23. The number of hydrogen-bond donors (Lipinski definition) is 1. The maximum Gasteiger partial charge on any atom is 0.171 e. The van der Waals surface area contributed by atoms with Gasteiger partial charge in [-0.3, -0.25) is 4.79 Å². The van der Waals surface area contributed by atoms with Crippen molar-refractivity contribution in [1.29, 1.82) is 0 Å². The SMILES string of the molecule is COS/C(C(C)=O)=C(/O)C1CCCCC1. The van der Waals surface area contributed by atoms with Crippen molar-refractivity contribution >= 4 is 17.8 Å². The summed E-state index contributed by atoms with van der Waals surface area (Å²) in [5.74, 6) is 0.263. The summed E-state index contributed by atoms with van der Waals surface area (Å²) in [5, 5.41) is 9.99. The molecule has 0 aromatic carbocycles. The van der Waals surface area contributed by atoms with Gasteiger partial charge in [0.25, 0.3) is 0 Å². The predicted octanol–water partition coefficient (Wildman–Crippen LogP) is 3.22. The number of carbonyl (C=O) groups is 1. The third-order valence-electron chi connectivity index (χ3n) is 2.71. The summed E-state index contributed by atoms with van der Waals surface area (Å²) in [6, 6.07) is 0. The number of hydrogen-bond acceptors (Lipinski definition) is 4. The fourth-order valence-corrected chi connectivity index (χ4v) is 2.46. The van der Waals surface area contributed by atoms with Crippen molar-refractivity contribution in [2.75, 3.05) is 7.11 Å². The number of ketones is 1. The van der Waals surface area contributed by atoms with Crippen LogP contribution in [0.5, 0.6) is 0 Å². The Morgan fingerprint density at radius 3 is 2.40 bits per heavy atom. The molecule has 86 valence electrons. The molecule has 4 heteroatoms. The fourth-order valence-electron chi connectivity index (χ4n) is 1.93. The Morgan fingerprint density at radius 1 is 1.33 bits per heavy atom. The van der Waals surface area contributed by atoms with Gasteiger partial charge in [-0.15, -0.1) is 0 Å². The molecule has 0 heterocycles. The van der Waals surface area contributed by atoms with E-state index in [4.69, 9.17) is 4.18 Å². The summed E-state index contributed by atoms with van der Waals surface area (Å²) < 4.78 is 4.86. The molecule has 3 nitrogen and oxygen atoms in total. The van der Waals surface area contributed by atoms with Gasteiger partial charge in [0.1, 0.15) is 10.7 Å². The van der Waals surface area contributed by atoms with Gasteiger partial charge in [0.2, 0.25) is 0 Å². The zero-order valence-electron chi connectivity index (χ0n) is 9.28. The van der Waals surface area contributed by atoms with E-state index < -0.39 is 0 Å². The summed E-state index contributed by atoms with van der Waals surface area (Å²) in [6.07, 6.45) is 5.46. The number of aliphatic hydroxyl groups is 1. The van der Waals surface area contributed by atoms with Gasteiger partial charge in [0.05, 0.1) is 7.11 Å². The molecule has 1 aliphatic rings. The molecular weight excluding hydrogens is 212 g/mol. The monoisotopic (exact) mass is 230 g/mol. The molecule has 15 heavy (non-hydrogen) atoms. The van der Waals surface area contributed by atoms with Gasteiger partial charge in [0.15, 0.2) is 5.78 Å². The molecule has 0 radical (unpaired) electrons. The van der Waals surface area contributed by atoms with E-state index in [9.17, 15) is 9.90 Å². The van der Waals surface area contributed by atoms with Crippen molar-refractivity contribution < 1.29 is 14.1 Å². The van der Waals surface area contributed by atoms with Crippen LogP contribution >= 0.6 is 12.0 Å². The summed E-state index contributed by atoms with van der Waals surface area (Å²) in [7, 11) is 1.50. The van der Waals surface area contributed by atoms with Crippen molar-refractivity contribution in [1.82, 2.24) is 0 Å². The Morgan fingerprint density at radius 2 is 1.93 bits per heavy atom. The minimum Gasteiger partial charge on any atom is -0.511 e. The molecule has 0 amide bonds. The summed E-state index contributed by atoms with van der Waals surface area (Å²) in [4.78, 5) is 11.7. The van der Waals surface area contributed by atoms with Gasteiger partial charge in [-0.05, 0) is 19.8 Å². The third kappa shape index (κ3) is 3.54. The second-order valence-electron chi connectivity index (χ2n) is 3.86. The van der Waals surface area contributed by atoms with E-state index in [1.165, 1.54) is 20.5 Å². The van der Waals surface area contributed by atoms with Crippen LogP contribution in [-0.2, 0) is 8.98 Å². The van der Waals surface area contributed by atoms with E-state index in [0.29, 0.717) is 4.91 Å². The number of allylic oxidation sites excluding steroid dienone is 2. The Bertz CT molecular complexity index is 255. The first-order chi connectivity index (χ1) is 7.16. The average molecular weight is 230 g/mol. The van der Waals surface area contributed by atoms with E-state index in [0.717, 1.165) is 37.7 Å². The Hall–Kier alpha value is -0.480. The standard InChI is InChI=1S/C11H18O3S/c1-8(12)11(15-14-2)10(13)9-6-4-3-5-7-9/h9,13H,3-7H2,1-2H3/b11-10+. The highest BCUT2D eigenvalue weighted by molar-refractivity contribution is 7.99. The Kier molecular flexibility index (Phi) is 5.19. The van der Waals surface area contributed by atoms with Crippen molar-refractivity contribution in [3.63, 3.8) is 0 Å². The molecular formula is C11H18O3S. The third-order valence-corrected chi connectivity index (χ3v) is 3.54. The van der Waals surface area contributed by atoms with Crippen LogP contribution in [0.1, 0.15) is 39.0 Å². The lowest BCUT2D eigenvalue weighted by atomic mass is 9.87. The van der Waals surface area contributed by atoms with Gasteiger partial charge < -0.3 is 9.29 Å². The van der Waals surface area contributed by atoms with E-state index in [1.807, 2.05) is 0 Å². The molecule has 0 bridgehead atoms. The first-order valence-electron chi connectivity index (χ1n) is 5.31. The van der Waals surface area contributed by atoms with Gasteiger partial charge in [-0.1, -0.05) is 19.3 Å². The van der Waals surface area contributed by atoms with Crippen LogP contribution < -0.4 is 0 Å². The molecule has 0 unspecified atom stereocenters. The highest BCUT2D eigenvalue weighted by Crippen LogP contribution is 2.33. The molecule has 0 aromatic rings. The van der Waals surface area contributed by atoms with Crippen LogP contribution in [0.2, 0.25) is 0 Å². The maximum absolute atomic E-state index is 11.3. The lowest BCUT2D eigenvalue weighted by molar-refractivity contribution is -0.113. The van der Waals surface area contributed by atoms with Crippen LogP contribution in [0.25, 0.3) is 0 Å². The first kappa shape index (κ1) is 12.6. The first-order valence-corrected chi connectivity index (χ1v) is 6.05. The number of aliphatic hydroxyl groups excluding tert-OH is 1. The Labute approximate surface area is 95.1 Å². The van der Waals surface area contributed by atoms with Crippen LogP contribution in [0.3, 0.4) is 0 Å². The fraction of sp³-hybridized carbons (Fsp3) is 0.727. The van der Waals surface area contributed by atoms with E-state index >= 15 is 0 Å². The molecule has 1 saturated carbocycles. The van der Waals surface area contributed by atoms with E-state index in [-0.39, 0.29) is 17.5 Å². The zero-order valence-corrected chi connectivity index (χ0v) is 10.1. The van der Waals surface area contributed by atoms with Crippen molar-refractivity contribution in [3.05, 3.63) is 10.7 Å². The quantitative estimate of drug-likeness (QED) is 0.457. The summed E-state index contributed by atoms with van der Waals surface area (Å²) in [6.45, 7) is 1.46. The lowest BCUT2D eigenvalue weighted by Crippen LogP contribution is -2.12. The topological polar surface area (TPSA) is 46.5 Å². The summed E-state index contributed by atoms with van der Waals surface area (Å²) in [5.41, 5.74) is 0. The van der Waals surface area contributed by atoms with Gasteiger partial charge in [0, 0.05) is 18.0 Å². The van der Waals surface area contributed by atoms with Crippen LogP contribution in [-0.4, -0.2) is 18.0 Å². The molecule has 1 N–H and O–H groups in total. The second kappa shape index (κ2) is 6.18. The lowest BCUT2D eigenvalue weighted by Gasteiger charge is -2.22.